The second-order valence-electron chi connectivity index (χ2n) is 2.40. The van der Waals surface area contributed by atoms with Crippen LogP contribution >= 0.6 is 0 Å². The monoisotopic (exact) mass is 148 g/mol. The Bertz CT molecular complexity index is 349. The molecule has 1 aromatic heterocycles. The molecular weight excluding hydrogens is 138 g/mol. The number of para-hydroxylation sites is 1. The van der Waals surface area contributed by atoms with Crippen LogP contribution in [-0.2, 0) is 0 Å². The largest absolute Gasteiger partial charge is 0.341 e. The van der Waals surface area contributed by atoms with E-state index in [0.717, 1.165) is 16.7 Å². The Kier molecular flexibility index (Phi) is 1.08. The molecule has 3 nitrogen and oxygen atoms in total. The molecule has 0 atom stereocenters. The molecule has 1 heterocycles. The Morgan fingerprint density at radius 1 is 1.45 bits per heavy atom. The average molecular weight is 148 g/mol. The Labute approximate surface area is 65.6 Å². The molecule has 0 fully saturated rings. The van der Waals surface area contributed by atoms with Crippen LogP contribution in [0.15, 0.2) is 30.3 Å². The van der Waals surface area contributed by atoms with Crippen molar-refractivity contribution in [3.05, 3.63) is 30.3 Å². The number of hydrazine groups is 1. The van der Waals surface area contributed by atoms with Gasteiger partial charge in [-0.3, -0.25) is 0 Å². The number of aromatic amines is 1. The first-order valence-electron chi connectivity index (χ1n) is 3.90. The van der Waals surface area contributed by atoms with E-state index in [9.17, 15) is 0 Å². The standard InChI is InChI=1S/C8H9N3/c9-11-8-5-6-3-1-2-4-7(6)10-8/h1-5,10-11H,9H2/i/hD. The number of nitrogens with one attached hydrogen (secondary N) is 2. The van der Waals surface area contributed by atoms with Crippen molar-refractivity contribution in [3.8, 4) is 0 Å². The van der Waals surface area contributed by atoms with Crippen molar-refractivity contribution < 1.29 is 1.41 Å². The van der Waals surface area contributed by atoms with Gasteiger partial charge in [0.25, 0.3) is 0 Å². The molecule has 56 valence electrons. The van der Waals surface area contributed by atoms with E-state index in [0.29, 0.717) is 0 Å². The lowest BCUT2D eigenvalue weighted by atomic mass is 10.2. The predicted molar refractivity (Wildman–Crippen MR) is 46.1 cm³/mol. The highest BCUT2D eigenvalue weighted by Crippen LogP contribution is 2.16. The summed E-state index contributed by atoms with van der Waals surface area (Å²) >= 11 is 0. The Balaban J connectivity index is 2.47. The highest BCUT2D eigenvalue weighted by Gasteiger charge is 1.95. The van der Waals surface area contributed by atoms with Gasteiger partial charge in [0.2, 0.25) is 0 Å². The fraction of sp³-hybridized carbons (Fsp3) is 0. The van der Waals surface area contributed by atoms with Crippen LogP contribution in [0, 0.1) is 0 Å². The van der Waals surface area contributed by atoms with E-state index in [1.807, 2.05) is 30.3 Å². The van der Waals surface area contributed by atoms with E-state index in [2.05, 4.69) is 16.2 Å². The van der Waals surface area contributed by atoms with Gasteiger partial charge in [-0.05, 0) is 12.1 Å². The molecule has 0 unspecified atom stereocenters. The summed E-state index contributed by atoms with van der Waals surface area (Å²) in [6, 6.07) is 9.90. The van der Waals surface area contributed by atoms with Gasteiger partial charge in [-0.15, -0.1) is 0 Å². The quantitative estimate of drug-likeness (QED) is 0.446. The minimum absolute atomic E-state index is 0.797. The van der Waals surface area contributed by atoms with Gasteiger partial charge in [-0.1, -0.05) is 18.2 Å². The molecule has 0 radical (unpaired) electrons. The number of benzene rings is 1. The third-order valence-electron chi connectivity index (χ3n) is 1.66. The molecule has 0 saturated carbocycles. The first-order chi connectivity index (χ1) is 5.90. The summed E-state index contributed by atoms with van der Waals surface area (Å²) in [5.41, 5.74) is 3.72. The van der Waals surface area contributed by atoms with Gasteiger partial charge in [0.1, 0.15) is 7.23 Å². The summed E-state index contributed by atoms with van der Waals surface area (Å²) in [6.45, 7) is 0. The lowest BCUT2D eigenvalue weighted by Gasteiger charge is -1.89. The van der Waals surface area contributed by atoms with Crippen LogP contribution in [-0.4, -0.2) is 4.98 Å². The highest BCUT2D eigenvalue weighted by atomic mass is 15.2. The zero-order valence-corrected chi connectivity index (χ0v) is 5.89. The molecule has 2 aromatic rings. The molecule has 0 aliphatic carbocycles. The van der Waals surface area contributed by atoms with Crippen LogP contribution in [0.3, 0.4) is 0 Å². The third-order valence-corrected chi connectivity index (χ3v) is 1.66. The maximum absolute atomic E-state index is 6.73. The number of H-pyrrole nitrogens is 1. The van der Waals surface area contributed by atoms with Crippen LogP contribution in [0.1, 0.15) is 0 Å². The van der Waals surface area contributed by atoms with E-state index in [-0.39, 0.29) is 0 Å². The summed E-state index contributed by atoms with van der Waals surface area (Å²) in [4.78, 5) is 3.10. The molecule has 0 spiro atoms. The van der Waals surface area contributed by atoms with E-state index >= 15 is 0 Å². The van der Waals surface area contributed by atoms with Crippen LogP contribution in [0.2, 0.25) is 1.41 Å². The van der Waals surface area contributed by atoms with Crippen molar-refractivity contribution in [3.63, 3.8) is 0 Å². The number of hydrogen-bond donors (Lipinski definition) is 3. The van der Waals surface area contributed by atoms with Crippen LogP contribution < -0.4 is 11.3 Å². The summed E-state index contributed by atoms with van der Waals surface area (Å²) in [7, 11) is 0. The highest BCUT2D eigenvalue weighted by molar-refractivity contribution is 5.83. The molecule has 1 aromatic carbocycles. The van der Waals surface area contributed by atoms with E-state index in [1.54, 1.807) is 0 Å². The first kappa shape index (κ1) is 5.21. The van der Waals surface area contributed by atoms with Crippen molar-refractivity contribution >= 4 is 16.7 Å². The minimum Gasteiger partial charge on any atom is -0.341 e. The Morgan fingerprint density at radius 2 is 2.36 bits per heavy atom. The topological polar surface area (TPSA) is 53.8 Å². The molecular formula is C8H9N3. The summed E-state index contributed by atoms with van der Waals surface area (Å²) in [5, 5.41) is 1.13. The number of nitrogen functional groups attached to an aromatic ring is 1. The van der Waals surface area contributed by atoms with E-state index in [4.69, 9.17) is 1.41 Å². The second kappa shape index (κ2) is 2.29. The maximum Gasteiger partial charge on any atom is 0.143 e. The van der Waals surface area contributed by atoms with Crippen molar-refractivity contribution in [2.75, 3.05) is 5.43 Å². The molecule has 11 heavy (non-hydrogen) atoms. The molecule has 0 amide bonds. The van der Waals surface area contributed by atoms with Crippen molar-refractivity contribution in [2.24, 2.45) is 5.84 Å². The second-order valence-corrected chi connectivity index (χ2v) is 2.40. The van der Waals surface area contributed by atoms with Gasteiger partial charge >= 0.3 is 0 Å². The molecule has 0 aliphatic heterocycles. The lowest BCUT2D eigenvalue weighted by Crippen LogP contribution is -2.06. The maximum atomic E-state index is 6.73. The summed E-state index contributed by atoms with van der Waals surface area (Å²) in [5.74, 6) is 2.91. The zero-order chi connectivity index (χ0) is 8.39. The SMILES string of the molecule is [2H]NNc1cc2ccccc2[nH]1. The number of fused-ring (bicyclic) bond motifs is 1. The molecule has 3 heteroatoms. The van der Waals surface area contributed by atoms with Gasteiger partial charge in [0.15, 0.2) is 0 Å². The minimum atomic E-state index is 0.797. The number of anilines is 1. The fourth-order valence-corrected chi connectivity index (χ4v) is 1.14. The van der Waals surface area contributed by atoms with Crippen LogP contribution in [0.4, 0.5) is 5.82 Å². The summed E-state index contributed by atoms with van der Waals surface area (Å²) in [6.07, 6.45) is 0. The number of nitrogens with two attached hydrogens (primary N) is 1. The number of hydrogen-bond acceptors (Lipinski definition) is 2. The number of rotatable bonds is 2. The van der Waals surface area contributed by atoms with E-state index < -0.39 is 0 Å². The smallest absolute Gasteiger partial charge is 0.143 e. The zero-order valence-electron chi connectivity index (χ0n) is 6.89. The average Bonchev–Trinajstić information content (AvgIpc) is 2.47. The third kappa shape index (κ3) is 0.951. The molecule has 0 bridgehead atoms. The Morgan fingerprint density at radius 3 is 3.18 bits per heavy atom. The van der Waals surface area contributed by atoms with E-state index in [1.165, 1.54) is 0 Å². The molecule has 0 saturated heterocycles. The van der Waals surface area contributed by atoms with Gasteiger partial charge in [-0.2, -0.15) is 0 Å². The van der Waals surface area contributed by atoms with Gasteiger partial charge in [0, 0.05) is 10.9 Å². The van der Waals surface area contributed by atoms with Crippen LogP contribution in [0.25, 0.3) is 10.9 Å². The molecule has 0 aliphatic rings. The van der Waals surface area contributed by atoms with Crippen molar-refractivity contribution in [1.29, 1.82) is 0 Å². The summed E-state index contributed by atoms with van der Waals surface area (Å²) < 4.78 is 6.73. The van der Waals surface area contributed by atoms with Gasteiger partial charge < -0.3 is 10.4 Å². The van der Waals surface area contributed by atoms with Gasteiger partial charge in [-0.25, -0.2) is 5.84 Å². The normalized spacial score (nSPS) is 11.5. The van der Waals surface area contributed by atoms with Crippen molar-refractivity contribution in [1.82, 2.24) is 4.98 Å². The lowest BCUT2D eigenvalue weighted by molar-refractivity contribution is 1.29. The number of aromatic nitrogens is 1. The first-order valence-corrected chi connectivity index (χ1v) is 3.40. The predicted octanol–water partition coefficient (Wildman–Crippen LogP) is 1.45. The van der Waals surface area contributed by atoms with Crippen LogP contribution in [0.5, 0.6) is 0 Å². The van der Waals surface area contributed by atoms with Gasteiger partial charge in [0.05, 0.1) is 0 Å². The fourth-order valence-electron chi connectivity index (χ4n) is 1.14. The Hall–Kier alpha value is -1.48. The molecule has 4 N–H and O–H groups in total. The molecule has 2 rings (SSSR count). The van der Waals surface area contributed by atoms with Crippen molar-refractivity contribution in [2.45, 2.75) is 0 Å².